The van der Waals surface area contributed by atoms with Crippen LogP contribution in [0.25, 0.3) is 0 Å². The molecule has 0 atom stereocenters. The summed E-state index contributed by atoms with van der Waals surface area (Å²) in [5.41, 5.74) is 5.75. The van der Waals surface area contributed by atoms with Crippen LogP contribution in [-0.4, -0.2) is 34.3 Å². The van der Waals surface area contributed by atoms with Crippen LogP contribution >= 0.6 is 0 Å². The van der Waals surface area contributed by atoms with Gasteiger partial charge >= 0.3 is 10.4 Å². The monoisotopic (exact) mass is 297 g/mol. The molecule has 0 spiro atoms. The smallest absolute Gasteiger partial charge is 0.399 e. The number of anilines is 1. The van der Waals surface area contributed by atoms with Gasteiger partial charge in [0.1, 0.15) is 5.75 Å². The normalized spacial score (nSPS) is 12.3. The van der Waals surface area contributed by atoms with Gasteiger partial charge in [0.25, 0.3) is 10.1 Å². The van der Waals surface area contributed by atoms with Gasteiger partial charge in [0.05, 0.1) is 12.4 Å². The molecule has 0 unspecified atom stereocenters. The van der Waals surface area contributed by atoms with Crippen molar-refractivity contribution < 1.29 is 29.8 Å². The predicted octanol–water partition coefficient (Wildman–Crippen LogP) is -0.769. The minimum atomic E-state index is -4.77. The molecule has 0 bridgehead atoms. The van der Waals surface area contributed by atoms with Gasteiger partial charge in [0, 0.05) is 5.69 Å². The lowest BCUT2D eigenvalue weighted by molar-refractivity contribution is 0.314. The third-order valence-corrected chi connectivity index (χ3v) is 4.18. The first kappa shape index (κ1) is 14.7. The molecule has 8 nitrogen and oxygen atoms in total. The fraction of sp³-hybridized carbons (Fsp3) is 0.250. The molecular weight excluding hydrogens is 286 g/mol. The summed E-state index contributed by atoms with van der Waals surface area (Å²) in [7, 11) is -9.17. The number of aliphatic hydroxyl groups excluding tert-OH is 1. The lowest BCUT2D eigenvalue weighted by atomic mass is 10.3. The van der Waals surface area contributed by atoms with Crippen LogP contribution in [0.4, 0.5) is 5.69 Å². The Bertz CT molecular complexity index is 591. The van der Waals surface area contributed by atoms with Gasteiger partial charge in [-0.3, -0.25) is 0 Å². The molecule has 0 heterocycles. The summed E-state index contributed by atoms with van der Waals surface area (Å²) < 4.78 is 52.7. The summed E-state index contributed by atoms with van der Waals surface area (Å²) in [6.07, 6.45) is 0. The Morgan fingerprint density at radius 3 is 2.17 bits per heavy atom. The molecule has 3 N–H and O–H groups in total. The lowest BCUT2D eigenvalue weighted by Crippen LogP contribution is -2.21. The number of rotatable bonds is 6. The second-order valence-electron chi connectivity index (χ2n) is 3.11. The maximum atomic E-state index is 11.2. The molecule has 18 heavy (non-hydrogen) atoms. The Hall–Kier alpha value is -1.36. The average Bonchev–Trinajstić information content (AvgIpc) is 2.19. The van der Waals surface area contributed by atoms with E-state index in [0.29, 0.717) is 5.69 Å². The summed E-state index contributed by atoms with van der Waals surface area (Å²) in [6.45, 7) is -0.764. The number of aliphatic hydroxyl groups is 1. The average molecular weight is 297 g/mol. The Kier molecular flexibility index (Phi) is 4.51. The SMILES string of the molecule is Nc1ccc(OS(=O)(=O)OS(=O)(=O)CCO)cc1. The van der Waals surface area contributed by atoms with Gasteiger partial charge in [0.15, 0.2) is 0 Å². The third kappa shape index (κ3) is 4.87. The standard InChI is InChI=1S/C8H11NO7S2/c9-7-1-3-8(4-2-7)15-18(13,14)16-17(11,12)6-5-10/h1-4,10H,5-6,9H2. The van der Waals surface area contributed by atoms with Crippen LogP contribution in [-0.2, 0) is 24.1 Å². The van der Waals surface area contributed by atoms with Crippen LogP contribution in [0.3, 0.4) is 0 Å². The predicted molar refractivity (Wildman–Crippen MR) is 62.4 cm³/mol. The summed E-state index contributed by atoms with van der Waals surface area (Å²) in [6, 6.07) is 5.20. The van der Waals surface area contributed by atoms with Crippen LogP contribution < -0.4 is 9.92 Å². The highest BCUT2D eigenvalue weighted by Crippen LogP contribution is 2.16. The van der Waals surface area contributed by atoms with Crippen LogP contribution in [0.5, 0.6) is 5.75 Å². The van der Waals surface area contributed by atoms with Crippen LogP contribution in [0.15, 0.2) is 24.3 Å². The third-order valence-electron chi connectivity index (χ3n) is 1.61. The molecule has 10 heteroatoms. The molecule has 0 fully saturated rings. The quantitative estimate of drug-likeness (QED) is 0.654. The zero-order chi connectivity index (χ0) is 13.8. The van der Waals surface area contributed by atoms with E-state index in [9.17, 15) is 16.8 Å². The van der Waals surface area contributed by atoms with Crippen molar-refractivity contribution in [3.8, 4) is 5.75 Å². The first-order chi connectivity index (χ1) is 8.24. The second kappa shape index (κ2) is 5.52. The number of hydrogen-bond acceptors (Lipinski definition) is 8. The van der Waals surface area contributed by atoms with E-state index >= 15 is 0 Å². The molecule has 0 aliphatic heterocycles. The van der Waals surface area contributed by atoms with Gasteiger partial charge in [0.2, 0.25) is 0 Å². The number of nitrogens with two attached hydrogens (primary N) is 1. The van der Waals surface area contributed by atoms with Crippen molar-refractivity contribution in [2.45, 2.75) is 0 Å². The fourth-order valence-electron chi connectivity index (χ4n) is 0.928. The van der Waals surface area contributed by atoms with Gasteiger partial charge in [-0.1, -0.05) is 0 Å². The molecule has 102 valence electrons. The van der Waals surface area contributed by atoms with Crippen molar-refractivity contribution >= 4 is 26.2 Å². The topological polar surface area (TPSA) is 133 Å². The molecule has 0 aromatic heterocycles. The summed E-state index contributed by atoms with van der Waals surface area (Å²) >= 11 is 0. The van der Waals surface area contributed by atoms with Crippen molar-refractivity contribution in [3.63, 3.8) is 0 Å². The van der Waals surface area contributed by atoms with Gasteiger partial charge in [-0.2, -0.15) is 16.8 Å². The van der Waals surface area contributed by atoms with Gasteiger partial charge in [-0.15, -0.1) is 3.63 Å². The van der Waals surface area contributed by atoms with Crippen molar-refractivity contribution in [1.29, 1.82) is 0 Å². The van der Waals surface area contributed by atoms with E-state index < -0.39 is 32.9 Å². The lowest BCUT2D eigenvalue weighted by Gasteiger charge is -2.06. The van der Waals surface area contributed by atoms with Crippen LogP contribution in [0, 0.1) is 0 Å². The number of nitrogen functional groups attached to an aromatic ring is 1. The maximum Gasteiger partial charge on any atom is 0.464 e. The summed E-state index contributed by atoms with van der Waals surface area (Å²) in [5.74, 6) is -1.000. The Balaban J connectivity index is 2.80. The van der Waals surface area contributed by atoms with E-state index in [1.165, 1.54) is 24.3 Å². The number of benzene rings is 1. The van der Waals surface area contributed by atoms with Gasteiger partial charge < -0.3 is 15.0 Å². The van der Waals surface area contributed by atoms with E-state index in [1.807, 2.05) is 0 Å². The molecule has 0 aliphatic rings. The van der Waals surface area contributed by atoms with Gasteiger partial charge in [-0.05, 0) is 24.3 Å². The molecule has 0 saturated carbocycles. The van der Waals surface area contributed by atoms with Crippen molar-refractivity contribution in [2.24, 2.45) is 0 Å². The molecule has 0 radical (unpaired) electrons. The van der Waals surface area contributed by atoms with E-state index in [2.05, 4.69) is 7.81 Å². The van der Waals surface area contributed by atoms with E-state index in [4.69, 9.17) is 10.8 Å². The van der Waals surface area contributed by atoms with E-state index in [1.54, 1.807) is 0 Å². The number of hydrogen-bond donors (Lipinski definition) is 2. The van der Waals surface area contributed by atoms with Crippen LogP contribution in [0.2, 0.25) is 0 Å². The van der Waals surface area contributed by atoms with Crippen molar-refractivity contribution in [3.05, 3.63) is 24.3 Å². The Morgan fingerprint density at radius 1 is 1.11 bits per heavy atom. The van der Waals surface area contributed by atoms with Crippen molar-refractivity contribution in [2.75, 3.05) is 18.1 Å². The molecule has 0 saturated heterocycles. The molecule has 0 amide bonds. The molecule has 1 rings (SSSR count). The van der Waals surface area contributed by atoms with E-state index in [0.717, 1.165) is 0 Å². The Labute approximate surface area is 104 Å². The first-order valence-electron chi connectivity index (χ1n) is 4.59. The molecule has 0 aliphatic carbocycles. The second-order valence-corrected chi connectivity index (χ2v) is 6.17. The minimum Gasteiger partial charge on any atom is -0.399 e. The maximum absolute atomic E-state index is 11.2. The zero-order valence-corrected chi connectivity index (χ0v) is 10.6. The molecule has 1 aromatic rings. The van der Waals surface area contributed by atoms with Crippen LogP contribution in [0.1, 0.15) is 0 Å². The highest BCUT2D eigenvalue weighted by Gasteiger charge is 2.24. The van der Waals surface area contributed by atoms with Crippen molar-refractivity contribution in [1.82, 2.24) is 0 Å². The summed E-state index contributed by atoms with van der Waals surface area (Å²) in [4.78, 5) is 0. The Morgan fingerprint density at radius 2 is 1.67 bits per heavy atom. The largest absolute Gasteiger partial charge is 0.464 e. The molecule has 1 aromatic carbocycles. The first-order valence-corrected chi connectivity index (χ1v) is 7.50. The highest BCUT2D eigenvalue weighted by molar-refractivity contribution is 7.97. The van der Waals surface area contributed by atoms with E-state index in [-0.39, 0.29) is 5.75 Å². The molecular formula is C8H11NO7S2. The zero-order valence-electron chi connectivity index (χ0n) is 9.01. The summed E-state index contributed by atoms with van der Waals surface area (Å²) in [5, 5.41) is 8.41. The fourth-order valence-corrected chi connectivity index (χ4v) is 2.90. The minimum absolute atomic E-state index is 0.150. The van der Waals surface area contributed by atoms with Gasteiger partial charge in [-0.25, -0.2) is 0 Å². The highest BCUT2D eigenvalue weighted by atomic mass is 32.3.